The average Bonchev–Trinajstić information content (AvgIpc) is 2.44. The minimum absolute atomic E-state index is 0.0893. The summed E-state index contributed by atoms with van der Waals surface area (Å²) in [7, 11) is 0. The molecule has 1 atom stereocenters. The van der Waals surface area contributed by atoms with Gasteiger partial charge >= 0.3 is 0 Å². The summed E-state index contributed by atoms with van der Waals surface area (Å²) in [5.41, 5.74) is 2.41. The van der Waals surface area contributed by atoms with E-state index in [2.05, 4.69) is 10.6 Å². The van der Waals surface area contributed by atoms with Gasteiger partial charge < -0.3 is 10.6 Å². The second kappa shape index (κ2) is 6.48. The number of benzene rings is 2. The molecule has 0 aliphatic heterocycles. The standard InChI is InChI=1S/C16H17FN2S/c1-11-8-9-14(10-15(11)17)19-16(20)18-12(2)13-6-4-3-5-7-13/h3-10,12H,1-2H3,(H2,18,19,20)/t12-/m0/s1. The smallest absolute Gasteiger partial charge is 0.171 e. The van der Waals surface area contributed by atoms with Gasteiger partial charge in [-0.2, -0.15) is 0 Å². The van der Waals surface area contributed by atoms with Gasteiger partial charge in [0.1, 0.15) is 5.82 Å². The summed E-state index contributed by atoms with van der Waals surface area (Å²) in [5.74, 6) is -0.242. The van der Waals surface area contributed by atoms with Crippen LogP contribution in [0, 0.1) is 12.7 Å². The molecule has 0 heterocycles. The molecule has 0 saturated carbocycles. The Balaban J connectivity index is 1.97. The Morgan fingerprint density at radius 3 is 2.50 bits per heavy atom. The lowest BCUT2D eigenvalue weighted by Crippen LogP contribution is -2.30. The third-order valence-electron chi connectivity index (χ3n) is 3.08. The molecule has 0 spiro atoms. The van der Waals surface area contributed by atoms with Crippen molar-refractivity contribution in [3.8, 4) is 0 Å². The number of hydrogen-bond donors (Lipinski definition) is 2. The highest BCUT2D eigenvalue weighted by molar-refractivity contribution is 7.80. The zero-order chi connectivity index (χ0) is 14.5. The summed E-state index contributed by atoms with van der Waals surface area (Å²) in [6.07, 6.45) is 0. The van der Waals surface area contributed by atoms with E-state index in [-0.39, 0.29) is 11.9 Å². The summed E-state index contributed by atoms with van der Waals surface area (Å²) in [6.45, 7) is 3.76. The molecule has 2 aromatic carbocycles. The fourth-order valence-electron chi connectivity index (χ4n) is 1.86. The molecule has 2 N–H and O–H groups in total. The van der Waals surface area contributed by atoms with E-state index in [9.17, 15) is 4.39 Å². The molecule has 0 aliphatic rings. The maximum atomic E-state index is 13.5. The van der Waals surface area contributed by atoms with Crippen LogP contribution in [0.2, 0.25) is 0 Å². The van der Waals surface area contributed by atoms with Crippen LogP contribution in [0.4, 0.5) is 10.1 Å². The van der Waals surface area contributed by atoms with Gasteiger partial charge in [-0.15, -0.1) is 0 Å². The van der Waals surface area contributed by atoms with Crippen molar-refractivity contribution >= 4 is 23.0 Å². The molecular formula is C16H17FN2S. The number of halogens is 1. The van der Waals surface area contributed by atoms with Crippen LogP contribution in [0.3, 0.4) is 0 Å². The third kappa shape index (κ3) is 3.78. The first-order chi connectivity index (χ1) is 9.56. The summed E-state index contributed by atoms with van der Waals surface area (Å²) in [5, 5.41) is 6.64. The van der Waals surface area contributed by atoms with E-state index in [1.165, 1.54) is 6.07 Å². The summed E-state index contributed by atoms with van der Waals surface area (Å²) in [6, 6.07) is 15.1. The van der Waals surface area contributed by atoms with Gasteiger partial charge in [-0.1, -0.05) is 36.4 Å². The molecular weight excluding hydrogens is 271 g/mol. The Morgan fingerprint density at radius 2 is 1.85 bits per heavy atom. The predicted octanol–water partition coefficient (Wildman–Crippen LogP) is 4.18. The number of aryl methyl sites for hydroxylation is 1. The molecule has 4 heteroatoms. The molecule has 0 unspecified atom stereocenters. The fraction of sp³-hybridized carbons (Fsp3) is 0.188. The quantitative estimate of drug-likeness (QED) is 0.828. The van der Waals surface area contributed by atoms with Gasteiger partial charge in [0.25, 0.3) is 0 Å². The summed E-state index contributed by atoms with van der Waals surface area (Å²) >= 11 is 5.24. The average molecular weight is 288 g/mol. The van der Waals surface area contributed by atoms with Crippen LogP contribution >= 0.6 is 12.2 Å². The molecule has 2 aromatic rings. The highest BCUT2D eigenvalue weighted by Gasteiger charge is 2.07. The van der Waals surface area contributed by atoms with Crippen LogP contribution in [0.25, 0.3) is 0 Å². The van der Waals surface area contributed by atoms with E-state index < -0.39 is 0 Å². The zero-order valence-corrected chi connectivity index (χ0v) is 12.3. The minimum Gasteiger partial charge on any atom is -0.356 e. The summed E-state index contributed by atoms with van der Waals surface area (Å²) in [4.78, 5) is 0. The highest BCUT2D eigenvalue weighted by Crippen LogP contribution is 2.15. The van der Waals surface area contributed by atoms with Crippen molar-refractivity contribution < 1.29 is 4.39 Å². The van der Waals surface area contributed by atoms with Gasteiger partial charge in [-0.3, -0.25) is 0 Å². The van der Waals surface area contributed by atoms with Crippen LogP contribution in [-0.4, -0.2) is 5.11 Å². The maximum Gasteiger partial charge on any atom is 0.171 e. The van der Waals surface area contributed by atoms with Crippen molar-refractivity contribution in [3.05, 3.63) is 65.5 Å². The SMILES string of the molecule is Cc1ccc(NC(=S)N[C@@H](C)c2ccccc2)cc1F. The maximum absolute atomic E-state index is 13.5. The first kappa shape index (κ1) is 14.5. The van der Waals surface area contributed by atoms with Gasteiger partial charge in [0.05, 0.1) is 6.04 Å². The predicted molar refractivity (Wildman–Crippen MR) is 85.4 cm³/mol. The molecule has 0 aromatic heterocycles. The molecule has 104 valence electrons. The fourth-order valence-corrected chi connectivity index (χ4v) is 2.15. The van der Waals surface area contributed by atoms with Crippen molar-refractivity contribution in [2.75, 3.05) is 5.32 Å². The molecule has 0 radical (unpaired) electrons. The minimum atomic E-state index is -0.242. The normalized spacial score (nSPS) is 11.8. The Hall–Kier alpha value is -1.94. The van der Waals surface area contributed by atoms with Crippen LogP contribution < -0.4 is 10.6 Å². The number of thiocarbonyl (C=S) groups is 1. The lowest BCUT2D eigenvalue weighted by molar-refractivity contribution is 0.619. The highest BCUT2D eigenvalue weighted by atomic mass is 32.1. The third-order valence-corrected chi connectivity index (χ3v) is 3.30. The molecule has 2 nitrogen and oxygen atoms in total. The van der Waals surface area contributed by atoms with Crippen molar-refractivity contribution in [2.24, 2.45) is 0 Å². The van der Waals surface area contributed by atoms with Crippen LogP contribution in [0.5, 0.6) is 0 Å². The van der Waals surface area contributed by atoms with E-state index >= 15 is 0 Å². The van der Waals surface area contributed by atoms with Crippen molar-refractivity contribution in [3.63, 3.8) is 0 Å². The van der Waals surface area contributed by atoms with E-state index in [0.29, 0.717) is 16.4 Å². The van der Waals surface area contributed by atoms with Crippen LogP contribution in [0.1, 0.15) is 24.1 Å². The monoisotopic (exact) mass is 288 g/mol. The number of hydrogen-bond acceptors (Lipinski definition) is 1. The van der Waals surface area contributed by atoms with Gasteiger partial charge in [0.15, 0.2) is 5.11 Å². The molecule has 0 amide bonds. The molecule has 0 fully saturated rings. The van der Waals surface area contributed by atoms with Gasteiger partial charge in [0.2, 0.25) is 0 Å². The topological polar surface area (TPSA) is 24.1 Å². The van der Waals surface area contributed by atoms with Gasteiger partial charge in [-0.25, -0.2) is 4.39 Å². The largest absolute Gasteiger partial charge is 0.356 e. The molecule has 0 bridgehead atoms. The number of rotatable bonds is 3. The van der Waals surface area contributed by atoms with Crippen LogP contribution in [-0.2, 0) is 0 Å². The zero-order valence-electron chi connectivity index (χ0n) is 11.5. The lowest BCUT2D eigenvalue weighted by atomic mass is 10.1. The molecule has 0 saturated heterocycles. The first-order valence-corrected chi connectivity index (χ1v) is 6.85. The molecule has 2 rings (SSSR count). The summed E-state index contributed by atoms with van der Waals surface area (Å²) < 4.78 is 13.5. The second-order valence-electron chi connectivity index (χ2n) is 4.69. The molecule has 0 aliphatic carbocycles. The van der Waals surface area contributed by atoms with Crippen LogP contribution in [0.15, 0.2) is 48.5 Å². The number of nitrogens with one attached hydrogen (secondary N) is 2. The Bertz CT molecular complexity index is 599. The molecule has 20 heavy (non-hydrogen) atoms. The number of anilines is 1. The van der Waals surface area contributed by atoms with E-state index in [1.54, 1.807) is 19.1 Å². The van der Waals surface area contributed by atoms with Crippen molar-refractivity contribution in [1.29, 1.82) is 0 Å². The van der Waals surface area contributed by atoms with Gasteiger partial charge in [0, 0.05) is 5.69 Å². The van der Waals surface area contributed by atoms with E-state index in [0.717, 1.165) is 5.56 Å². The first-order valence-electron chi connectivity index (χ1n) is 6.45. The van der Waals surface area contributed by atoms with E-state index in [1.807, 2.05) is 37.3 Å². The van der Waals surface area contributed by atoms with Crippen molar-refractivity contribution in [2.45, 2.75) is 19.9 Å². The van der Waals surface area contributed by atoms with E-state index in [4.69, 9.17) is 12.2 Å². The van der Waals surface area contributed by atoms with Gasteiger partial charge in [-0.05, 0) is 49.3 Å². The van der Waals surface area contributed by atoms with Crippen molar-refractivity contribution in [1.82, 2.24) is 5.32 Å². The Kier molecular flexibility index (Phi) is 4.69. The lowest BCUT2D eigenvalue weighted by Gasteiger charge is -2.17. The second-order valence-corrected chi connectivity index (χ2v) is 5.10. The Labute approximate surface area is 124 Å². The Morgan fingerprint density at radius 1 is 1.15 bits per heavy atom.